The molecule has 1 aromatic carbocycles. The van der Waals surface area contributed by atoms with Gasteiger partial charge in [-0.1, -0.05) is 37.2 Å². The van der Waals surface area contributed by atoms with Gasteiger partial charge in [-0.25, -0.2) is 4.98 Å². The molecule has 1 heterocycles. The molecule has 1 unspecified atom stereocenters. The summed E-state index contributed by atoms with van der Waals surface area (Å²) in [6, 6.07) is 7.80. The number of aliphatic hydroxyl groups is 1. The number of para-hydroxylation sites is 2. The van der Waals surface area contributed by atoms with Crippen molar-refractivity contribution in [2.45, 2.75) is 24.9 Å². The van der Waals surface area contributed by atoms with E-state index < -0.39 is 0 Å². The topological polar surface area (TPSA) is 78.0 Å². The molecule has 6 heteroatoms. The van der Waals surface area contributed by atoms with Crippen LogP contribution in [0.15, 0.2) is 29.4 Å². The van der Waals surface area contributed by atoms with E-state index in [1.807, 2.05) is 24.3 Å². The number of nitrogens with zero attached hydrogens (tertiary/aromatic N) is 1. The van der Waals surface area contributed by atoms with Crippen LogP contribution >= 0.6 is 11.8 Å². The first-order valence-corrected chi connectivity index (χ1v) is 8.16. The number of carbonyl (C=O) groups excluding carboxylic acids is 1. The highest BCUT2D eigenvalue weighted by Gasteiger charge is 2.10. The Bertz CT molecular complexity index is 552. The van der Waals surface area contributed by atoms with Crippen LogP contribution in [0.2, 0.25) is 0 Å². The minimum absolute atomic E-state index is 0.00292. The molecule has 2 rings (SSSR count). The predicted octanol–water partition coefficient (Wildman–Crippen LogP) is 2.18. The molecule has 0 aliphatic heterocycles. The SMILES string of the molecule is CCC(CCO)CNC(=O)CSc1nc2ccccc2[nH]1. The van der Waals surface area contributed by atoms with E-state index in [9.17, 15) is 4.79 Å². The molecule has 0 radical (unpaired) electrons. The second-order valence-electron chi connectivity index (χ2n) is 4.94. The van der Waals surface area contributed by atoms with Crippen molar-refractivity contribution >= 4 is 28.7 Å². The van der Waals surface area contributed by atoms with Crippen LogP contribution < -0.4 is 5.32 Å². The van der Waals surface area contributed by atoms with E-state index >= 15 is 0 Å². The Morgan fingerprint density at radius 1 is 1.48 bits per heavy atom. The van der Waals surface area contributed by atoms with E-state index in [4.69, 9.17) is 5.11 Å². The van der Waals surface area contributed by atoms with Crippen LogP contribution in [-0.4, -0.2) is 39.9 Å². The quantitative estimate of drug-likeness (QED) is 0.653. The molecule has 0 aliphatic carbocycles. The summed E-state index contributed by atoms with van der Waals surface area (Å²) in [4.78, 5) is 19.4. The predicted molar refractivity (Wildman–Crippen MR) is 85.3 cm³/mol. The number of aliphatic hydroxyl groups excluding tert-OH is 1. The highest BCUT2D eigenvalue weighted by atomic mass is 32.2. The highest BCUT2D eigenvalue weighted by molar-refractivity contribution is 7.99. The minimum atomic E-state index is -0.00292. The molecular weight excluding hydrogens is 286 g/mol. The third-order valence-corrected chi connectivity index (χ3v) is 4.28. The Morgan fingerprint density at radius 3 is 3.00 bits per heavy atom. The van der Waals surface area contributed by atoms with Gasteiger partial charge >= 0.3 is 0 Å². The Morgan fingerprint density at radius 2 is 2.29 bits per heavy atom. The van der Waals surface area contributed by atoms with Crippen LogP contribution in [0, 0.1) is 5.92 Å². The molecule has 0 spiro atoms. The molecule has 0 bridgehead atoms. The molecular formula is C15H21N3O2S. The van der Waals surface area contributed by atoms with Gasteiger partial charge in [0.1, 0.15) is 0 Å². The van der Waals surface area contributed by atoms with Gasteiger partial charge in [0.15, 0.2) is 5.16 Å². The van der Waals surface area contributed by atoms with Crippen molar-refractivity contribution in [1.82, 2.24) is 15.3 Å². The van der Waals surface area contributed by atoms with Crippen molar-refractivity contribution in [3.63, 3.8) is 0 Å². The van der Waals surface area contributed by atoms with Gasteiger partial charge in [0.2, 0.25) is 5.91 Å². The maximum atomic E-state index is 11.8. The van der Waals surface area contributed by atoms with E-state index in [1.165, 1.54) is 11.8 Å². The number of imidazole rings is 1. The standard InChI is InChI=1S/C15H21N3O2S/c1-2-11(7-8-19)9-16-14(20)10-21-15-17-12-5-3-4-6-13(12)18-15/h3-6,11,19H,2,7-10H2,1H3,(H,16,20)(H,17,18). The fourth-order valence-corrected chi connectivity index (χ4v) is 2.79. The Labute approximate surface area is 128 Å². The third-order valence-electron chi connectivity index (χ3n) is 3.41. The van der Waals surface area contributed by atoms with Crippen molar-refractivity contribution in [2.75, 3.05) is 18.9 Å². The van der Waals surface area contributed by atoms with Gasteiger partial charge in [-0.15, -0.1) is 0 Å². The van der Waals surface area contributed by atoms with E-state index in [1.54, 1.807) is 0 Å². The second kappa shape index (κ2) is 8.05. The highest BCUT2D eigenvalue weighted by Crippen LogP contribution is 2.18. The lowest BCUT2D eigenvalue weighted by Gasteiger charge is -2.13. The zero-order chi connectivity index (χ0) is 15.1. The van der Waals surface area contributed by atoms with E-state index in [-0.39, 0.29) is 12.5 Å². The number of thioether (sulfide) groups is 1. The number of carbonyl (C=O) groups is 1. The first-order chi connectivity index (χ1) is 10.2. The van der Waals surface area contributed by atoms with E-state index in [0.29, 0.717) is 18.2 Å². The zero-order valence-corrected chi connectivity index (χ0v) is 12.9. The lowest BCUT2D eigenvalue weighted by Crippen LogP contribution is -2.30. The van der Waals surface area contributed by atoms with Crippen molar-refractivity contribution in [3.05, 3.63) is 24.3 Å². The summed E-state index contributed by atoms with van der Waals surface area (Å²) in [5, 5.41) is 12.6. The number of amides is 1. The van der Waals surface area contributed by atoms with Crippen molar-refractivity contribution in [2.24, 2.45) is 5.92 Å². The van der Waals surface area contributed by atoms with Crippen LogP contribution in [0.5, 0.6) is 0 Å². The van der Waals surface area contributed by atoms with Gasteiger partial charge in [-0.05, 0) is 24.5 Å². The summed E-state index contributed by atoms with van der Waals surface area (Å²) < 4.78 is 0. The van der Waals surface area contributed by atoms with E-state index in [2.05, 4.69) is 22.2 Å². The van der Waals surface area contributed by atoms with Gasteiger partial charge in [0.25, 0.3) is 0 Å². The summed E-state index contributed by atoms with van der Waals surface area (Å²) in [7, 11) is 0. The molecule has 114 valence electrons. The smallest absolute Gasteiger partial charge is 0.230 e. The van der Waals surface area contributed by atoms with Crippen molar-refractivity contribution in [1.29, 1.82) is 0 Å². The third kappa shape index (κ3) is 4.75. The number of hydrogen-bond donors (Lipinski definition) is 3. The van der Waals surface area contributed by atoms with Crippen LogP contribution in [-0.2, 0) is 4.79 Å². The number of rotatable bonds is 8. The molecule has 21 heavy (non-hydrogen) atoms. The summed E-state index contributed by atoms with van der Waals surface area (Å²) in [5.41, 5.74) is 1.89. The van der Waals surface area contributed by atoms with Crippen LogP contribution in [0.1, 0.15) is 19.8 Å². The maximum absolute atomic E-state index is 11.8. The lowest BCUT2D eigenvalue weighted by molar-refractivity contribution is -0.118. The Kier molecular flexibility index (Phi) is 6.07. The molecule has 2 aromatic rings. The molecule has 0 aliphatic rings. The van der Waals surface area contributed by atoms with Crippen LogP contribution in [0.4, 0.5) is 0 Å². The molecule has 0 fully saturated rings. The van der Waals surface area contributed by atoms with Crippen LogP contribution in [0.3, 0.4) is 0 Å². The number of aromatic nitrogens is 2. The summed E-state index contributed by atoms with van der Waals surface area (Å²) >= 11 is 1.40. The first kappa shape index (κ1) is 15.9. The van der Waals surface area contributed by atoms with Crippen molar-refractivity contribution in [3.8, 4) is 0 Å². The van der Waals surface area contributed by atoms with Crippen LogP contribution in [0.25, 0.3) is 11.0 Å². The molecule has 0 saturated carbocycles. The number of benzene rings is 1. The Balaban J connectivity index is 1.78. The molecule has 3 N–H and O–H groups in total. The molecule has 1 atom stereocenters. The first-order valence-electron chi connectivity index (χ1n) is 7.18. The van der Waals surface area contributed by atoms with Crippen molar-refractivity contribution < 1.29 is 9.90 Å². The second-order valence-corrected chi connectivity index (χ2v) is 5.90. The van der Waals surface area contributed by atoms with E-state index in [0.717, 1.165) is 29.0 Å². The summed E-state index contributed by atoms with van der Waals surface area (Å²) in [6.07, 6.45) is 1.69. The molecule has 5 nitrogen and oxygen atoms in total. The largest absolute Gasteiger partial charge is 0.396 e. The zero-order valence-electron chi connectivity index (χ0n) is 12.1. The lowest BCUT2D eigenvalue weighted by atomic mass is 10.0. The number of fused-ring (bicyclic) bond motifs is 1. The average Bonchev–Trinajstić information content (AvgIpc) is 2.92. The minimum Gasteiger partial charge on any atom is -0.396 e. The molecule has 1 amide bonds. The number of nitrogens with one attached hydrogen (secondary N) is 2. The number of H-pyrrole nitrogens is 1. The van der Waals surface area contributed by atoms with Gasteiger partial charge in [0.05, 0.1) is 16.8 Å². The Hall–Kier alpha value is -1.53. The molecule has 1 aromatic heterocycles. The maximum Gasteiger partial charge on any atom is 0.230 e. The molecule has 0 saturated heterocycles. The number of hydrogen-bond acceptors (Lipinski definition) is 4. The monoisotopic (exact) mass is 307 g/mol. The summed E-state index contributed by atoms with van der Waals surface area (Å²) in [5.74, 6) is 0.682. The van der Waals surface area contributed by atoms with Gasteiger partial charge in [-0.2, -0.15) is 0 Å². The normalized spacial score (nSPS) is 12.5. The average molecular weight is 307 g/mol. The summed E-state index contributed by atoms with van der Waals surface area (Å²) in [6.45, 7) is 2.86. The number of aromatic amines is 1. The van der Waals surface area contributed by atoms with Gasteiger partial charge in [0, 0.05) is 13.2 Å². The van der Waals surface area contributed by atoms with Gasteiger partial charge < -0.3 is 15.4 Å². The fraction of sp³-hybridized carbons (Fsp3) is 0.467. The fourth-order valence-electron chi connectivity index (χ4n) is 2.07. The van der Waals surface area contributed by atoms with Gasteiger partial charge in [-0.3, -0.25) is 4.79 Å².